The largest absolute Gasteiger partial charge is 0.398 e. The zero-order chi connectivity index (χ0) is 10.0. The van der Waals surface area contributed by atoms with Crippen LogP contribution in [0.15, 0.2) is 18.7 Å². The van der Waals surface area contributed by atoms with Gasteiger partial charge >= 0.3 is 0 Å². The van der Waals surface area contributed by atoms with Gasteiger partial charge in [-0.3, -0.25) is 0 Å². The third-order valence-electron chi connectivity index (χ3n) is 2.08. The van der Waals surface area contributed by atoms with E-state index in [1.54, 1.807) is 0 Å². The van der Waals surface area contributed by atoms with Gasteiger partial charge in [0.05, 0.1) is 11.6 Å². The van der Waals surface area contributed by atoms with E-state index in [-0.39, 0.29) is 0 Å². The van der Waals surface area contributed by atoms with Crippen molar-refractivity contribution in [1.82, 2.24) is 0 Å². The molecular formula is C11H12N2. The number of hydrogen-bond acceptors (Lipinski definition) is 2. The summed E-state index contributed by atoms with van der Waals surface area (Å²) < 4.78 is 0. The maximum atomic E-state index is 8.66. The van der Waals surface area contributed by atoms with Crippen LogP contribution in [0.4, 0.5) is 5.69 Å². The highest BCUT2D eigenvalue weighted by molar-refractivity contribution is 5.77. The summed E-state index contributed by atoms with van der Waals surface area (Å²) >= 11 is 0. The summed E-state index contributed by atoms with van der Waals surface area (Å²) in [6.45, 7) is 7.51. The molecule has 0 heterocycles. The lowest BCUT2D eigenvalue weighted by molar-refractivity contribution is 1.37. The van der Waals surface area contributed by atoms with Crippen molar-refractivity contribution in [2.75, 3.05) is 5.73 Å². The smallest absolute Gasteiger partial charge is 0.0991 e. The van der Waals surface area contributed by atoms with Crippen LogP contribution in [-0.2, 0) is 0 Å². The number of hydrogen-bond donors (Lipinski definition) is 1. The fraction of sp³-hybridized carbons (Fsp3) is 0.182. The average molecular weight is 172 g/mol. The summed E-state index contributed by atoms with van der Waals surface area (Å²) in [5.74, 6) is 0. The van der Waals surface area contributed by atoms with Crippen LogP contribution in [0.2, 0.25) is 0 Å². The minimum absolute atomic E-state index is 0.478. The monoisotopic (exact) mass is 172 g/mol. The third kappa shape index (κ3) is 1.70. The second-order valence-corrected chi connectivity index (χ2v) is 3.11. The number of benzene rings is 1. The minimum Gasteiger partial charge on any atom is -0.398 e. The van der Waals surface area contributed by atoms with Gasteiger partial charge in [0.2, 0.25) is 0 Å². The quantitative estimate of drug-likeness (QED) is 0.522. The Morgan fingerprint density at radius 1 is 1.38 bits per heavy atom. The zero-order valence-corrected chi connectivity index (χ0v) is 7.89. The number of rotatable bonds is 1. The molecule has 0 atom stereocenters. The molecule has 0 radical (unpaired) electrons. The highest BCUT2D eigenvalue weighted by Crippen LogP contribution is 2.22. The molecule has 0 aliphatic heterocycles. The molecule has 1 aromatic carbocycles. The van der Waals surface area contributed by atoms with Crippen LogP contribution in [0, 0.1) is 25.2 Å². The third-order valence-corrected chi connectivity index (χ3v) is 2.08. The fourth-order valence-electron chi connectivity index (χ4n) is 1.21. The first-order valence-electron chi connectivity index (χ1n) is 4.02. The standard InChI is InChI=1S/C11H12N2/c1-7-4-10(9(3)6-12)5-8(2)11(7)13/h4-5H,3,13H2,1-2H3. The van der Waals surface area contributed by atoms with Gasteiger partial charge < -0.3 is 5.73 Å². The van der Waals surface area contributed by atoms with E-state index >= 15 is 0 Å². The summed E-state index contributed by atoms with van der Waals surface area (Å²) in [5.41, 5.74) is 9.88. The van der Waals surface area contributed by atoms with E-state index in [9.17, 15) is 0 Å². The highest BCUT2D eigenvalue weighted by atomic mass is 14.6. The van der Waals surface area contributed by atoms with Gasteiger partial charge in [0.1, 0.15) is 0 Å². The molecule has 2 heteroatoms. The van der Waals surface area contributed by atoms with Crippen molar-refractivity contribution in [1.29, 1.82) is 5.26 Å². The van der Waals surface area contributed by atoms with Gasteiger partial charge in [-0.05, 0) is 42.7 Å². The van der Waals surface area contributed by atoms with E-state index in [1.165, 1.54) is 0 Å². The topological polar surface area (TPSA) is 49.8 Å². The Labute approximate surface area is 78.3 Å². The molecule has 66 valence electrons. The Kier molecular flexibility index (Phi) is 2.39. The number of anilines is 1. The molecule has 0 saturated heterocycles. The second-order valence-electron chi connectivity index (χ2n) is 3.11. The molecule has 0 aromatic heterocycles. The molecule has 0 fully saturated rings. The lowest BCUT2D eigenvalue weighted by Crippen LogP contribution is -1.95. The number of nitriles is 1. The van der Waals surface area contributed by atoms with Crippen LogP contribution in [0.5, 0.6) is 0 Å². The normalized spacial score (nSPS) is 9.31. The highest BCUT2D eigenvalue weighted by Gasteiger charge is 2.03. The molecule has 2 nitrogen and oxygen atoms in total. The van der Waals surface area contributed by atoms with E-state index in [0.717, 1.165) is 22.4 Å². The van der Waals surface area contributed by atoms with Crippen LogP contribution in [0.3, 0.4) is 0 Å². The second kappa shape index (κ2) is 3.32. The SMILES string of the molecule is C=C(C#N)c1cc(C)c(N)c(C)c1. The van der Waals surface area contributed by atoms with Crippen molar-refractivity contribution in [2.24, 2.45) is 0 Å². The van der Waals surface area contributed by atoms with Crippen molar-refractivity contribution >= 4 is 11.3 Å². The predicted octanol–water partition coefficient (Wildman–Crippen LogP) is 2.42. The van der Waals surface area contributed by atoms with Crippen LogP contribution >= 0.6 is 0 Å². The maximum absolute atomic E-state index is 8.66. The van der Waals surface area contributed by atoms with E-state index in [4.69, 9.17) is 11.0 Å². The lowest BCUT2D eigenvalue weighted by atomic mass is 10.0. The molecule has 1 rings (SSSR count). The Hall–Kier alpha value is -1.75. The van der Waals surface area contributed by atoms with Gasteiger partial charge in [-0.1, -0.05) is 6.58 Å². The van der Waals surface area contributed by atoms with Crippen molar-refractivity contribution < 1.29 is 0 Å². The average Bonchev–Trinajstić information content (AvgIpc) is 2.12. The Balaban J connectivity index is 3.30. The van der Waals surface area contributed by atoms with E-state index < -0.39 is 0 Å². The fourth-order valence-corrected chi connectivity index (χ4v) is 1.21. The predicted molar refractivity (Wildman–Crippen MR) is 55.0 cm³/mol. The Bertz CT molecular complexity index is 374. The summed E-state index contributed by atoms with van der Waals surface area (Å²) in [6, 6.07) is 5.79. The number of aryl methyl sites for hydroxylation is 2. The summed E-state index contributed by atoms with van der Waals surface area (Å²) in [7, 11) is 0. The molecule has 0 amide bonds. The van der Waals surface area contributed by atoms with Gasteiger partial charge in [0.25, 0.3) is 0 Å². The van der Waals surface area contributed by atoms with Crippen LogP contribution in [0.25, 0.3) is 5.57 Å². The van der Waals surface area contributed by atoms with Crippen LogP contribution in [-0.4, -0.2) is 0 Å². The lowest BCUT2D eigenvalue weighted by Gasteiger charge is -2.06. The first-order valence-corrected chi connectivity index (χ1v) is 4.02. The summed E-state index contributed by atoms with van der Waals surface area (Å²) in [5, 5.41) is 8.66. The number of nitrogen functional groups attached to an aromatic ring is 1. The molecule has 0 bridgehead atoms. The zero-order valence-electron chi connectivity index (χ0n) is 7.89. The Morgan fingerprint density at radius 3 is 2.23 bits per heavy atom. The first kappa shape index (κ1) is 9.34. The molecule has 0 aliphatic rings. The van der Waals surface area contributed by atoms with Gasteiger partial charge in [0.15, 0.2) is 0 Å². The molecule has 1 aromatic rings. The van der Waals surface area contributed by atoms with E-state index in [0.29, 0.717) is 5.57 Å². The molecule has 0 aliphatic carbocycles. The number of nitrogens with zero attached hydrogens (tertiary/aromatic N) is 1. The molecule has 13 heavy (non-hydrogen) atoms. The minimum atomic E-state index is 0.478. The van der Waals surface area contributed by atoms with Gasteiger partial charge in [-0.15, -0.1) is 0 Å². The Morgan fingerprint density at radius 2 is 1.85 bits per heavy atom. The first-order chi connectivity index (χ1) is 6.06. The van der Waals surface area contributed by atoms with E-state index in [1.807, 2.05) is 32.0 Å². The number of allylic oxidation sites excluding steroid dienone is 1. The van der Waals surface area contributed by atoms with Crippen molar-refractivity contribution in [2.45, 2.75) is 13.8 Å². The van der Waals surface area contributed by atoms with Crippen molar-refractivity contribution in [3.05, 3.63) is 35.4 Å². The van der Waals surface area contributed by atoms with Crippen molar-refractivity contribution in [3.63, 3.8) is 0 Å². The molecular weight excluding hydrogens is 160 g/mol. The van der Waals surface area contributed by atoms with Crippen molar-refractivity contribution in [3.8, 4) is 6.07 Å². The van der Waals surface area contributed by atoms with Gasteiger partial charge in [-0.2, -0.15) is 5.26 Å². The molecule has 0 spiro atoms. The van der Waals surface area contributed by atoms with Gasteiger partial charge in [0, 0.05) is 5.69 Å². The summed E-state index contributed by atoms with van der Waals surface area (Å²) in [4.78, 5) is 0. The van der Waals surface area contributed by atoms with Crippen LogP contribution in [0.1, 0.15) is 16.7 Å². The number of nitrogens with two attached hydrogens (primary N) is 1. The van der Waals surface area contributed by atoms with Gasteiger partial charge in [-0.25, -0.2) is 0 Å². The van der Waals surface area contributed by atoms with E-state index in [2.05, 4.69) is 6.58 Å². The maximum Gasteiger partial charge on any atom is 0.0991 e. The molecule has 2 N–H and O–H groups in total. The summed E-state index contributed by atoms with van der Waals surface area (Å²) in [6.07, 6.45) is 0. The molecule has 0 saturated carbocycles. The van der Waals surface area contributed by atoms with Crippen LogP contribution < -0.4 is 5.73 Å². The molecule has 0 unspecified atom stereocenters.